The van der Waals surface area contributed by atoms with Crippen molar-refractivity contribution >= 4 is 17.3 Å². The number of hydrogen-bond donors (Lipinski definition) is 0. The Balaban J connectivity index is 2.20. The first-order valence-corrected chi connectivity index (χ1v) is 6.26. The highest BCUT2D eigenvalue weighted by Gasteiger charge is 2.24. The summed E-state index contributed by atoms with van der Waals surface area (Å²) < 4.78 is 5.13. The second kappa shape index (κ2) is 6.27. The molecule has 0 aliphatic carbocycles. The second-order valence-electron chi connectivity index (χ2n) is 4.50. The molecule has 9 heteroatoms. The Morgan fingerprint density at radius 2 is 1.86 bits per heavy atom. The number of rotatable bonds is 4. The van der Waals surface area contributed by atoms with Gasteiger partial charge in [-0.25, -0.2) is 0 Å². The van der Waals surface area contributed by atoms with Gasteiger partial charge in [0.1, 0.15) is 0 Å². The van der Waals surface area contributed by atoms with E-state index in [0.29, 0.717) is 26.3 Å². The lowest BCUT2D eigenvalue weighted by Crippen LogP contribution is -2.41. The average Bonchev–Trinajstić information content (AvgIpc) is 2.48. The van der Waals surface area contributed by atoms with E-state index in [1.54, 1.807) is 4.90 Å². The summed E-state index contributed by atoms with van der Waals surface area (Å²) in [4.78, 5) is 33.9. The van der Waals surface area contributed by atoms with Gasteiger partial charge in [-0.2, -0.15) is 0 Å². The van der Waals surface area contributed by atoms with Crippen LogP contribution in [0.15, 0.2) is 18.2 Å². The molecule has 9 nitrogen and oxygen atoms in total. The molecule has 0 saturated carbocycles. The Kier molecular flexibility index (Phi) is 4.43. The van der Waals surface area contributed by atoms with Crippen LogP contribution in [0.5, 0.6) is 0 Å². The van der Waals surface area contributed by atoms with Gasteiger partial charge in [0.2, 0.25) is 5.91 Å². The van der Waals surface area contributed by atoms with Crippen molar-refractivity contribution in [3.8, 4) is 0 Å². The van der Waals surface area contributed by atoms with Crippen molar-refractivity contribution in [2.45, 2.75) is 6.42 Å². The van der Waals surface area contributed by atoms with Crippen LogP contribution in [0.2, 0.25) is 0 Å². The Morgan fingerprint density at radius 3 is 2.43 bits per heavy atom. The van der Waals surface area contributed by atoms with E-state index in [1.807, 2.05) is 0 Å². The number of hydrogen-bond acceptors (Lipinski definition) is 6. The predicted molar refractivity (Wildman–Crippen MR) is 70.9 cm³/mol. The second-order valence-corrected chi connectivity index (χ2v) is 4.50. The van der Waals surface area contributed by atoms with Crippen molar-refractivity contribution in [3.63, 3.8) is 0 Å². The van der Waals surface area contributed by atoms with E-state index in [-0.39, 0.29) is 23.6 Å². The SMILES string of the molecule is O=C(Cc1ccc([N+](=O)[O-])cc1[N+](=O)[O-])N1CCOCC1. The van der Waals surface area contributed by atoms with Gasteiger partial charge in [-0.05, 0) is 6.07 Å². The molecule has 1 aliphatic heterocycles. The summed E-state index contributed by atoms with van der Waals surface area (Å²) in [5.41, 5.74) is -0.614. The van der Waals surface area contributed by atoms with E-state index >= 15 is 0 Å². The number of nitrogens with zero attached hydrogens (tertiary/aromatic N) is 3. The molecule has 21 heavy (non-hydrogen) atoms. The number of nitro groups is 2. The zero-order valence-electron chi connectivity index (χ0n) is 11.1. The zero-order chi connectivity index (χ0) is 15.4. The van der Waals surface area contributed by atoms with E-state index in [2.05, 4.69) is 0 Å². The van der Waals surface area contributed by atoms with Crippen LogP contribution in [-0.2, 0) is 16.0 Å². The van der Waals surface area contributed by atoms with E-state index < -0.39 is 15.5 Å². The molecule has 0 atom stereocenters. The van der Waals surface area contributed by atoms with Gasteiger partial charge in [0, 0.05) is 24.7 Å². The Hall–Kier alpha value is -2.55. The summed E-state index contributed by atoms with van der Waals surface area (Å²) in [6, 6.07) is 3.30. The molecule has 1 aliphatic rings. The Labute approximate surface area is 119 Å². The number of ether oxygens (including phenoxy) is 1. The number of carbonyl (C=O) groups is 1. The Bertz CT molecular complexity index is 582. The maximum atomic E-state index is 12.1. The van der Waals surface area contributed by atoms with E-state index in [9.17, 15) is 25.0 Å². The van der Waals surface area contributed by atoms with E-state index in [4.69, 9.17) is 4.74 Å². The molecule has 112 valence electrons. The lowest BCUT2D eigenvalue weighted by atomic mass is 10.1. The number of carbonyl (C=O) groups excluding carboxylic acids is 1. The van der Waals surface area contributed by atoms with Gasteiger partial charge in [0.15, 0.2) is 0 Å². The minimum atomic E-state index is -0.713. The first-order chi connectivity index (χ1) is 9.99. The molecule has 1 heterocycles. The molecule has 1 fully saturated rings. The quantitative estimate of drug-likeness (QED) is 0.602. The molecule has 0 aromatic heterocycles. The topological polar surface area (TPSA) is 116 Å². The molecule has 0 N–H and O–H groups in total. The Morgan fingerprint density at radius 1 is 1.19 bits per heavy atom. The van der Waals surface area contributed by atoms with Gasteiger partial charge in [-0.1, -0.05) is 0 Å². The van der Waals surface area contributed by atoms with E-state index in [0.717, 1.165) is 12.1 Å². The van der Waals surface area contributed by atoms with Crippen molar-refractivity contribution in [2.24, 2.45) is 0 Å². The van der Waals surface area contributed by atoms with Crippen LogP contribution in [0.1, 0.15) is 5.56 Å². The largest absolute Gasteiger partial charge is 0.378 e. The van der Waals surface area contributed by atoms with Crippen LogP contribution >= 0.6 is 0 Å². The molecule has 1 aromatic rings. The first-order valence-electron chi connectivity index (χ1n) is 6.26. The molecule has 0 unspecified atom stereocenters. The monoisotopic (exact) mass is 295 g/mol. The molecule has 2 rings (SSSR count). The first kappa shape index (κ1) is 14.9. The minimum absolute atomic E-state index is 0.158. The molecular weight excluding hydrogens is 282 g/mol. The third-order valence-electron chi connectivity index (χ3n) is 3.18. The van der Waals surface area contributed by atoms with Crippen molar-refractivity contribution in [1.82, 2.24) is 4.90 Å². The third-order valence-corrected chi connectivity index (χ3v) is 3.18. The minimum Gasteiger partial charge on any atom is -0.378 e. The highest BCUT2D eigenvalue weighted by Crippen LogP contribution is 2.25. The number of nitro benzene ring substituents is 2. The maximum absolute atomic E-state index is 12.1. The fourth-order valence-electron chi connectivity index (χ4n) is 2.07. The van der Waals surface area contributed by atoms with Gasteiger partial charge in [-0.15, -0.1) is 0 Å². The number of benzene rings is 1. The van der Waals surface area contributed by atoms with Crippen LogP contribution in [0, 0.1) is 20.2 Å². The summed E-state index contributed by atoms with van der Waals surface area (Å²) in [6.07, 6.45) is -0.158. The van der Waals surface area contributed by atoms with Gasteiger partial charge in [-0.3, -0.25) is 25.0 Å². The van der Waals surface area contributed by atoms with Gasteiger partial charge >= 0.3 is 0 Å². The summed E-state index contributed by atoms with van der Waals surface area (Å²) in [7, 11) is 0. The molecule has 1 saturated heterocycles. The number of morpholine rings is 1. The van der Waals surface area contributed by atoms with Crippen molar-refractivity contribution in [1.29, 1.82) is 0 Å². The molecule has 0 spiro atoms. The smallest absolute Gasteiger partial charge is 0.279 e. The molecule has 0 radical (unpaired) electrons. The van der Waals surface area contributed by atoms with Crippen LogP contribution < -0.4 is 0 Å². The maximum Gasteiger partial charge on any atom is 0.279 e. The molecule has 0 bridgehead atoms. The molecule has 1 aromatic carbocycles. The standard InChI is InChI=1S/C12H13N3O6/c16-12(13-3-5-21-6-4-13)7-9-1-2-10(14(17)18)8-11(9)15(19)20/h1-2,8H,3-7H2. The number of amides is 1. The fourth-order valence-corrected chi connectivity index (χ4v) is 2.07. The van der Waals surface area contributed by atoms with Gasteiger partial charge in [0.05, 0.1) is 35.5 Å². The summed E-state index contributed by atoms with van der Waals surface area (Å²) >= 11 is 0. The normalized spacial score (nSPS) is 14.8. The lowest BCUT2D eigenvalue weighted by molar-refractivity contribution is -0.394. The van der Waals surface area contributed by atoms with Gasteiger partial charge in [0.25, 0.3) is 11.4 Å². The number of non-ortho nitro benzene ring substituents is 1. The lowest BCUT2D eigenvalue weighted by Gasteiger charge is -2.26. The molecular formula is C12H13N3O6. The van der Waals surface area contributed by atoms with E-state index in [1.165, 1.54) is 6.07 Å². The zero-order valence-corrected chi connectivity index (χ0v) is 11.1. The van der Waals surface area contributed by atoms with Crippen LogP contribution in [0.25, 0.3) is 0 Å². The van der Waals surface area contributed by atoms with Gasteiger partial charge < -0.3 is 9.64 Å². The average molecular weight is 295 g/mol. The molecule has 1 amide bonds. The highest BCUT2D eigenvalue weighted by molar-refractivity contribution is 5.80. The summed E-state index contributed by atoms with van der Waals surface area (Å²) in [5.74, 6) is -0.254. The summed E-state index contributed by atoms with van der Waals surface area (Å²) in [5, 5.41) is 21.6. The van der Waals surface area contributed by atoms with Crippen molar-refractivity contribution in [2.75, 3.05) is 26.3 Å². The van der Waals surface area contributed by atoms with Crippen molar-refractivity contribution in [3.05, 3.63) is 44.0 Å². The van der Waals surface area contributed by atoms with Crippen LogP contribution in [0.3, 0.4) is 0 Å². The van der Waals surface area contributed by atoms with Crippen LogP contribution in [-0.4, -0.2) is 47.0 Å². The van der Waals surface area contributed by atoms with Crippen LogP contribution in [0.4, 0.5) is 11.4 Å². The highest BCUT2D eigenvalue weighted by atomic mass is 16.6. The predicted octanol–water partition coefficient (Wildman–Crippen LogP) is 0.904. The third kappa shape index (κ3) is 3.51. The fraction of sp³-hybridized carbons (Fsp3) is 0.417. The summed E-state index contributed by atoms with van der Waals surface area (Å²) in [6.45, 7) is 1.77. The van der Waals surface area contributed by atoms with Crippen molar-refractivity contribution < 1.29 is 19.4 Å².